The minimum atomic E-state index is -0.665. The molecule has 0 heterocycles. The first-order valence-corrected chi connectivity index (χ1v) is 29.4. The topological polar surface area (TPSA) is 95.9 Å². The van der Waals surface area contributed by atoms with E-state index in [4.69, 9.17) is 4.74 Å². The fourth-order valence-electron chi connectivity index (χ4n) is 9.28. The predicted octanol–water partition coefficient (Wildman–Crippen LogP) is 18.1. The van der Waals surface area contributed by atoms with Crippen LogP contribution < -0.4 is 5.32 Å². The van der Waals surface area contributed by atoms with Crippen LogP contribution in [0.2, 0.25) is 0 Å². The molecule has 0 aromatic carbocycles. The van der Waals surface area contributed by atoms with Crippen molar-refractivity contribution in [1.82, 2.24) is 5.32 Å². The molecule has 0 rings (SSSR count). The number of carbonyl (C=O) groups excluding carboxylic acids is 2. The molecule has 0 saturated heterocycles. The Morgan fingerprint density at radius 2 is 0.723 bits per heavy atom. The summed E-state index contributed by atoms with van der Waals surface area (Å²) in [6, 6.07) is -0.543. The van der Waals surface area contributed by atoms with Crippen molar-refractivity contribution in [3.63, 3.8) is 0 Å². The van der Waals surface area contributed by atoms with Crippen LogP contribution in [-0.4, -0.2) is 47.4 Å². The lowest BCUT2D eigenvalue weighted by Gasteiger charge is -2.22. The van der Waals surface area contributed by atoms with Crippen LogP contribution >= 0.6 is 0 Å². The van der Waals surface area contributed by atoms with Gasteiger partial charge in [0.1, 0.15) is 0 Å². The van der Waals surface area contributed by atoms with Crippen LogP contribution in [0.3, 0.4) is 0 Å². The molecule has 6 heteroatoms. The Balaban J connectivity index is 3.40. The number of nitrogens with one attached hydrogen (secondary N) is 1. The number of amides is 1. The molecule has 2 atom stereocenters. The molecule has 0 radical (unpaired) electrons. The molecule has 0 aliphatic rings. The molecule has 0 aliphatic heterocycles. The Kier molecular flexibility index (Phi) is 54.0. The number of unbranched alkanes of at least 4 members (excludes halogenated alkanes) is 42. The minimum absolute atomic E-state index is 0.000404. The van der Waals surface area contributed by atoms with E-state index in [1.807, 2.05) is 0 Å². The zero-order valence-electron chi connectivity index (χ0n) is 44.0. The van der Waals surface area contributed by atoms with Crippen LogP contribution in [-0.2, 0) is 14.3 Å². The van der Waals surface area contributed by atoms with Crippen molar-refractivity contribution in [3.05, 3.63) is 12.2 Å². The molecule has 0 fully saturated rings. The SMILES string of the molecule is CCCCCC/C=C\CCCCCCCC(=O)OCCCCCCCCCCCCCCCCCCCCCC(=O)NC(CO)C(O)CCCCCCCCCCCCCCCCCC. The Labute approximate surface area is 406 Å². The van der Waals surface area contributed by atoms with Gasteiger partial charge in [-0.15, -0.1) is 0 Å². The fraction of sp³-hybridized carbons (Fsp3) is 0.932. The van der Waals surface area contributed by atoms with Crippen molar-refractivity contribution in [2.24, 2.45) is 0 Å². The molecule has 65 heavy (non-hydrogen) atoms. The molecule has 3 N–H and O–H groups in total. The highest BCUT2D eigenvalue weighted by molar-refractivity contribution is 5.76. The Morgan fingerprint density at radius 1 is 0.415 bits per heavy atom. The lowest BCUT2D eigenvalue weighted by atomic mass is 10.0. The van der Waals surface area contributed by atoms with Gasteiger partial charge >= 0.3 is 5.97 Å². The van der Waals surface area contributed by atoms with E-state index in [0.717, 1.165) is 44.9 Å². The molecule has 0 spiro atoms. The Hall–Kier alpha value is -1.40. The number of hydrogen-bond donors (Lipinski definition) is 3. The summed E-state index contributed by atoms with van der Waals surface area (Å²) in [6.45, 7) is 4.95. The van der Waals surface area contributed by atoms with E-state index in [1.54, 1.807) is 0 Å². The largest absolute Gasteiger partial charge is 0.466 e. The van der Waals surface area contributed by atoms with Crippen LogP contribution in [0, 0.1) is 0 Å². The van der Waals surface area contributed by atoms with Gasteiger partial charge in [0.15, 0.2) is 0 Å². The highest BCUT2D eigenvalue weighted by Gasteiger charge is 2.20. The van der Waals surface area contributed by atoms with E-state index in [2.05, 4.69) is 31.3 Å². The smallest absolute Gasteiger partial charge is 0.305 e. The van der Waals surface area contributed by atoms with Gasteiger partial charge in [0, 0.05) is 12.8 Å². The molecular formula is C59H115NO5. The van der Waals surface area contributed by atoms with Gasteiger partial charge in [-0.3, -0.25) is 9.59 Å². The van der Waals surface area contributed by atoms with E-state index >= 15 is 0 Å². The van der Waals surface area contributed by atoms with E-state index in [1.165, 1.54) is 250 Å². The van der Waals surface area contributed by atoms with E-state index in [-0.39, 0.29) is 18.5 Å². The summed E-state index contributed by atoms with van der Waals surface area (Å²) in [5, 5.41) is 23.3. The minimum Gasteiger partial charge on any atom is -0.466 e. The van der Waals surface area contributed by atoms with Gasteiger partial charge in [-0.05, 0) is 51.4 Å². The Morgan fingerprint density at radius 3 is 1.11 bits per heavy atom. The van der Waals surface area contributed by atoms with Crippen LogP contribution in [0.4, 0.5) is 0 Å². The molecule has 0 bridgehead atoms. The molecule has 0 saturated carbocycles. The van der Waals surface area contributed by atoms with Crippen LogP contribution in [0.5, 0.6) is 0 Å². The number of rotatable bonds is 55. The van der Waals surface area contributed by atoms with Gasteiger partial charge in [0.2, 0.25) is 5.91 Å². The lowest BCUT2D eigenvalue weighted by molar-refractivity contribution is -0.143. The van der Waals surface area contributed by atoms with Gasteiger partial charge in [-0.1, -0.05) is 276 Å². The monoisotopic (exact) mass is 918 g/mol. The summed E-state index contributed by atoms with van der Waals surface area (Å²) in [5.74, 6) is -0.0351. The highest BCUT2D eigenvalue weighted by Crippen LogP contribution is 2.18. The maximum Gasteiger partial charge on any atom is 0.305 e. The molecule has 0 aromatic rings. The van der Waals surface area contributed by atoms with Crippen molar-refractivity contribution >= 4 is 11.9 Å². The van der Waals surface area contributed by atoms with Gasteiger partial charge < -0.3 is 20.3 Å². The first kappa shape index (κ1) is 63.6. The number of carbonyl (C=O) groups is 2. The summed E-state index contributed by atoms with van der Waals surface area (Å²) in [4.78, 5) is 24.5. The van der Waals surface area contributed by atoms with Crippen molar-refractivity contribution in [1.29, 1.82) is 0 Å². The highest BCUT2D eigenvalue weighted by atomic mass is 16.5. The second-order valence-corrected chi connectivity index (χ2v) is 20.3. The Bertz CT molecular complexity index is 970. The summed E-state index contributed by atoms with van der Waals surface area (Å²) in [5.41, 5.74) is 0. The molecule has 2 unspecified atom stereocenters. The van der Waals surface area contributed by atoms with E-state index < -0.39 is 12.1 Å². The van der Waals surface area contributed by atoms with Gasteiger partial charge in [-0.2, -0.15) is 0 Å². The summed E-state index contributed by atoms with van der Waals surface area (Å²) >= 11 is 0. The quantitative estimate of drug-likeness (QED) is 0.0321. The summed E-state index contributed by atoms with van der Waals surface area (Å²) in [7, 11) is 0. The van der Waals surface area contributed by atoms with Crippen LogP contribution in [0.25, 0.3) is 0 Å². The summed E-state index contributed by atoms with van der Waals surface area (Å²) in [6.07, 6.45) is 64.9. The third-order valence-electron chi connectivity index (χ3n) is 13.8. The third kappa shape index (κ3) is 51.8. The average molecular weight is 919 g/mol. The first-order chi connectivity index (χ1) is 32.0. The number of aliphatic hydroxyl groups is 2. The second kappa shape index (κ2) is 55.2. The molecule has 6 nitrogen and oxygen atoms in total. The number of hydrogen-bond acceptors (Lipinski definition) is 5. The number of allylic oxidation sites excluding steroid dienone is 2. The molecular weight excluding hydrogens is 803 g/mol. The number of esters is 1. The van der Waals surface area contributed by atoms with Gasteiger partial charge in [0.05, 0.1) is 25.4 Å². The molecule has 386 valence electrons. The molecule has 0 aliphatic carbocycles. The number of ether oxygens (including phenoxy) is 1. The lowest BCUT2D eigenvalue weighted by Crippen LogP contribution is -2.45. The zero-order chi connectivity index (χ0) is 47.2. The van der Waals surface area contributed by atoms with Crippen molar-refractivity contribution < 1.29 is 24.5 Å². The standard InChI is InChI=1S/C59H115NO5/c1-3-5-7-9-11-13-15-17-18-24-28-31-35-39-43-47-51-57(62)56(55-61)60-58(63)52-48-44-40-36-32-29-25-22-20-19-21-23-26-30-34-38-42-46-50-54-65-59(64)53-49-45-41-37-33-27-16-14-12-10-8-6-4-2/h14,16,56-57,61-62H,3-13,15,17-55H2,1-2H3,(H,60,63)/b16-14-. The number of aliphatic hydroxyl groups excluding tert-OH is 2. The maximum absolute atomic E-state index is 12.5. The average Bonchev–Trinajstić information content (AvgIpc) is 3.31. The van der Waals surface area contributed by atoms with Crippen LogP contribution in [0.15, 0.2) is 12.2 Å². The van der Waals surface area contributed by atoms with Crippen LogP contribution in [0.1, 0.15) is 328 Å². The van der Waals surface area contributed by atoms with E-state index in [9.17, 15) is 19.8 Å². The maximum atomic E-state index is 12.5. The van der Waals surface area contributed by atoms with E-state index in [0.29, 0.717) is 25.9 Å². The van der Waals surface area contributed by atoms with Gasteiger partial charge in [0.25, 0.3) is 0 Å². The molecule has 0 aromatic heterocycles. The third-order valence-corrected chi connectivity index (χ3v) is 13.8. The summed E-state index contributed by atoms with van der Waals surface area (Å²) < 4.78 is 5.47. The van der Waals surface area contributed by atoms with Crippen molar-refractivity contribution in [2.75, 3.05) is 13.2 Å². The van der Waals surface area contributed by atoms with Crippen molar-refractivity contribution in [3.8, 4) is 0 Å². The fourth-order valence-corrected chi connectivity index (χ4v) is 9.28. The van der Waals surface area contributed by atoms with Gasteiger partial charge in [-0.25, -0.2) is 0 Å². The second-order valence-electron chi connectivity index (χ2n) is 20.3. The molecule has 1 amide bonds. The zero-order valence-corrected chi connectivity index (χ0v) is 44.0. The first-order valence-electron chi connectivity index (χ1n) is 29.4. The predicted molar refractivity (Wildman–Crippen MR) is 283 cm³/mol. The normalized spacial score (nSPS) is 12.6. The van der Waals surface area contributed by atoms with Crippen molar-refractivity contribution in [2.45, 2.75) is 341 Å².